The summed E-state index contributed by atoms with van der Waals surface area (Å²) in [6, 6.07) is 6.32. The number of piperidine rings is 3. The average Bonchev–Trinajstić information content (AvgIpc) is 3.14. The Balaban J connectivity index is 1.33. The van der Waals surface area contributed by atoms with Gasteiger partial charge in [-0.25, -0.2) is 4.79 Å². The van der Waals surface area contributed by atoms with Gasteiger partial charge in [-0.15, -0.1) is 0 Å². The van der Waals surface area contributed by atoms with E-state index in [1.807, 2.05) is 0 Å². The van der Waals surface area contributed by atoms with Crippen LogP contribution in [0.15, 0.2) is 29.0 Å². The lowest BCUT2D eigenvalue weighted by molar-refractivity contribution is -0.0358. The van der Waals surface area contributed by atoms with Crippen molar-refractivity contribution in [2.24, 2.45) is 5.92 Å². The minimum atomic E-state index is -0.485. The highest BCUT2D eigenvalue weighted by Crippen LogP contribution is 2.40. The maximum Gasteiger partial charge on any atom is 0.408 e. The van der Waals surface area contributed by atoms with E-state index in [9.17, 15) is 4.79 Å². The fraction of sp³-hybridized carbons (Fsp3) is 0.522. The first-order valence-electron chi connectivity index (χ1n) is 10.5. The number of amides is 1. The number of carbonyl (C=O) groups excluding carboxylic acids is 1. The van der Waals surface area contributed by atoms with E-state index in [0.29, 0.717) is 12.5 Å². The third kappa shape index (κ3) is 3.53. The number of nitrogens with one attached hydrogen (secondary N) is 1. The fourth-order valence-electron chi connectivity index (χ4n) is 4.99. The smallest absolute Gasteiger partial charge is 0.408 e. The molecule has 4 aliphatic heterocycles. The van der Waals surface area contributed by atoms with Crippen LogP contribution in [0.25, 0.3) is 11.1 Å². The van der Waals surface area contributed by atoms with E-state index in [0.717, 1.165) is 55.8 Å². The largest absolute Gasteiger partial charge is 0.493 e. The molecule has 0 aliphatic carbocycles. The standard InChI is InChI=1S/C23H28N2O3S/c1-15-13-29-14-18(15)17-3-4-19-20(11-17)27-10-7-23(19,2)24-22(26)28-21-12-25-8-5-16(21)6-9-25/h3-4,11,13-14,16,21H,5-10,12H2,1-2H3,(H,24,26)/t21-,23?/m1/s1. The van der Waals surface area contributed by atoms with Gasteiger partial charge in [0.05, 0.1) is 12.1 Å². The monoisotopic (exact) mass is 412 g/mol. The highest BCUT2D eigenvalue weighted by atomic mass is 32.1. The average molecular weight is 413 g/mol. The third-order valence-electron chi connectivity index (χ3n) is 6.83. The second kappa shape index (κ2) is 7.33. The second-order valence-electron chi connectivity index (χ2n) is 8.82. The molecule has 5 heterocycles. The van der Waals surface area contributed by atoms with Gasteiger partial charge in [-0.1, -0.05) is 12.1 Å². The molecule has 2 aromatic rings. The Labute approximate surface area is 176 Å². The van der Waals surface area contributed by atoms with E-state index in [2.05, 4.69) is 53.0 Å². The zero-order valence-corrected chi connectivity index (χ0v) is 17.9. The van der Waals surface area contributed by atoms with Crippen molar-refractivity contribution in [1.29, 1.82) is 0 Å². The number of ether oxygens (including phenoxy) is 2. The van der Waals surface area contributed by atoms with Gasteiger partial charge in [-0.2, -0.15) is 11.3 Å². The number of benzene rings is 1. The van der Waals surface area contributed by atoms with Gasteiger partial charge in [0.15, 0.2) is 0 Å². The normalized spacial score (nSPS) is 30.3. The molecular formula is C23H28N2O3S. The molecule has 4 aliphatic rings. The van der Waals surface area contributed by atoms with Crippen molar-refractivity contribution in [3.8, 4) is 16.9 Å². The Morgan fingerprint density at radius 3 is 2.83 bits per heavy atom. The predicted octanol–water partition coefficient (Wildman–Crippen LogP) is 4.54. The van der Waals surface area contributed by atoms with Crippen LogP contribution in [0.5, 0.6) is 5.75 Å². The molecule has 3 fully saturated rings. The van der Waals surface area contributed by atoms with E-state index in [1.165, 1.54) is 11.1 Å². The van der Waals surface area contributed by atoms with Gasteiger partial charge < -0.3 is 14.8 Å². The summed E-state index contributed by atoms with van der Waals surface area (Å²) in [5, 5.41) is 7.49. The maximum atomic E-state index is 12.8. The Kier molecular flexibility index (Phi) is 4.79. The predicted molar refractivity (Wildman–Crippen MR) is 115 cm³/mol. The molecule has 1 unspecified atom stereocenters. The summed E-state index contributed by atoms with van der Waals surface area (Å²) in [6.07, 6.45) is 2.71. The zero-order valence-electron chi connectivity index (χ0n) is 17.1. The molecule has 1 aromatic carbocycles. The second-order valence-corrected chi connectivity index (χ2v) is 9.56. The molecule has 29 heavy (non-hydrogen) atoms. The molecule has 1 N–H and O–H groups in total. The Morgan fingerprint density at radius 1 is 1.31 bits per heavy atom. The van der Waals surface area contributed by atoms with Gasteiger partial charge in [0, 0.05) is 18.5 Å². The third-order valence-corrected chi connectivity index (χ3v) is 7.70. The summed E-state index contributed by atoms with van der Waals surface area (Å²) in [5.74, 6) is 1.36. The molecule has 0 saturated carbocycles. The number of rotatable bonds is 3. The van der Waals surface area contributed by atoms with E-state index in [1.54, 1.807) is 11.3 Å². The molecule has 6 rings (SSSR count). The highest BCUT2D eigenvalue weighted by molar-refractivity contribution is 7.08. The van der Waals surface area contributed by atoms with Crippen LogP contribution in [0, 0.1) is 12.8 Å². The minimum absolute atomic E-state index is 0.0179. The molecule has 0 radical (unpaired) electrons. The van der Waals surface area contributed by atoms with Gasteiger partial charge in [-0.05, 0) is 79.2 Å². The number of aryl methyl sites for hydroxylation is 1. The number of fused-ring (bicyclic) bond motifs is 4. The van der Waals surface area contributed by atoms with Crippen molar-refractivity contribution in [1.82, 2.24) is 10.2 Å². The van der Waals surface area contributed by atoms with Crippen molar-refractivity contribution >= 4 is 17.4 Å². The summed E-state index contributed by atoms with van der Waals surface area (Å²) in [7, 11) is 0. The van der Waals surface area contributed by atoms with Gasteiger partial charge in [-0.3, -0.25) is 4.90 Å². The van der Waals surface area contributed by atoms with Crippen molar-refractivity contribution in [3.63, 3.8) is 0 Å². The number of alkyl carbamates (subject to hydrolysis) is 1. The SMILES string of the molecule is Cc1cscc1-c1ccc2c(c1)OCCC2(C)NC(=O)O[C@@H]1CN2CCC1CC2. The van der Waals surface area contributed by atoms with E-state index in [-0.39, 0.29) is 12.2 Å². The van der Waals surface area contributed by atoms with E-state index in [4.69, 9.17) is 9.47 Å². The number of hydrogen-bond donors (Lipinski definition) is 1. The Bertz CT molecular complexity index is 919. The van der Waals surface area contributed by atoms with Gasteiger partial charge >= 0.3 is 6.09 Å². The van der Waals surface area contributed by atoms with Crippen LogP contribution >= 0.6 is 11.3 Å². The van der Waals surface area contributed by atoms with Gasteiger partial charge in [0.25, 0.3) is 0 Å². The van der Waals surface area contributed by atoms with Crippen LogP contribution in [0.4, 0.5) is 4.79 Å². The van der Waals surface area contributed by atoms with Crippen LogP contribution in [0.2, 0.25) is 0 Å². The van der Waals surface area contributed by atoms with Crippen LogP contribution in [-0.2, 0) is 10.3 Å². The fourth-order valence-corrected chi connectivity index (χ4v) is 5.84. The summed E-state index contributed by atoms with van der Waals surface area (Å²) >= 11 is 1.71. The zero-order chi connectivity index (χ0) is 20.0. The van der Waals surface area contributed by atoms with Crippen molar-refractivity contribution in [3.05, 3.63) is 40.1 Å². The molecule has 1 aromatic heterocycles. The molecule has 1 amide bonds. The summed E-state index contributed by atoms with van der Waals surface area (Å²) < 4.78 is 11.8. The summed E-state index contributed by atoms with van der Waals surface area (Å²) in [4.78, 5) is 15.2. The first kappa shape index (κ1) is 18.9. The first-order valence-corrected chi connectivity index (χ1v) is 11.5. The van der Waals surface area contributed by atoms with Crippen LogP contribution < -0.4 is 10.1 Å². The van der Waals surface area contributed by atoms with Crippen LogP contribution in [0.1, 0.15) is 37.3 Å². The molecule has 2 atom stereocenters. The van der Waals surface area contributed by atoms with E-state index < -0.39 is 5.54 Å². The first-order chi connectivity index (χ1) is 14.0. The Hall–Kier alpha value is -2.05. The van der Waals surface area contributed by atoms with E-state index >= 15 is 0 Å². The number of carbonyl (C=O) groups is 1. The maximum absolute atomic E-state index is 12.8. The van der Waals surface area contributed by atoms with Crippen molar-refractivity contribution < 1.29 is 14.3 Å². The number of hydrogen-bond acceptors (Lipinski definition) is 5. The van der Waals surface area contributed by atoms with Gasteiger partial charge in [0.1, 0.15) is 11.9 Å². The lowest BCUT2D eigenvalue weighted by Gasteiger charge is -2.44. The number of nitrogens with zero attached hydrogens (tertiary/aromatic N) is 1. The molecule has 5 nitrogen and oxygen atoms in total. The molecule has 154 valence electrons. The molecule has 2 bridgehead atoms. The van der Waals surface area contributed by atoms with Crippen molar-refractivity contribution in [2.45, 2.75) is 44.8 Å². The molecule has 6 heteroatoms. The lowest BCUT2D eigenvalue weighted by atomic mass is 9.85. The molecule has 0 spiro atoms. The topological polar surface area (TPSA) is 50.8 Å². The molecule has 3 saturated heterocycles. The Morgan fingerprint density at radius 2 is 2.14 bits per heavy atom. The van der Waals surface area contributed by atoms with Crippen LogP contribution in [0.3, 0.4) is 0 Å². The summed E-state index contributed by atoms with van der Waals surface area (Å²) in [6.45, 7) is 7.93. The van der Waals surface area contributed by atoms with Crippen LogP contribution in [-0.4, -0.2) is 43.3 Å². The molecular weight excluding hydrogens is 384 g/mol. The summed E-state index contributed by atoms with van der Waals surface area (Å²) in [5.41, 5.74) is 4.20. The van der Waals surface area contributed by atoms with Gasteiger partial charge in [0.2, 0.25) is 0 Å². The van der Waals surface area contributed by atoms with Crippen molar-refractivity contribution in [2.75, 3.05) is 26.2 Å². The quantitative estimate of drug-likeness (QED) is 0.804. The lowest BCUT2D eigenvalue weighted by Crippen LogP contribution is -2.54. The highest BCUT2D eigenvalue weighted by Gasteiger charge is 2.39. The minimum Gasteiger partial charge on any atom is -0.493 e. The number of thiophene rings is 1.